The minimum Gasteiger partial charge on any atom is -0.455 e. The van der Waals surface area contributed by atoms with Gasteiger partial charge in [-0.1, -0.05) is 72.8 Å². The average Bonchev–Trinajstić information content (AvgIpc) is 3.44. The summed E-state index contributed by atoms with van der Waals surface area (Å²) in [6.45, 7) is 1.04. The number of carbonyl (C=O) groups is 2. The van der Waals surface area contributed by atoms with Crippen LogP contribution in [0.15, 0.2) is 115 Å². The Hall–Kier alpha value is -5.27. The third-order valence-electron chi connectivity index (χ3n) is 7.78. The average molecular weight is 583 g/mol. The van der Waals surface area contributed by atoms with E-state index in [4.69, 9.17) is 10.5 Å². The maximum absolute atomic E-state index is 13.9. The Balaban J connectivity index is 1.24. The molecule has 7 heteroatoms. The first kappa shape index (κ1) is 28.8. The van der Waals surface area contributed by atoms with Crippen molar-refractivity contribution in [2.24, 2.45) is 5.73 Å². The molecule has 0 aliphatic heterocycles. The molecule has 0 saturated carbocycles. The summed E-state index contributed by atoms with van der Waals surface area (Å²) in [6, 6.07) is 35.5. The highest BCUT2D eigenvalue weighted by molar-refractivity contribution is 5.96. The van der Waals surface area contributed by atoms with Gasteiger partial charge in [0.25, 0.3) is 0 Å². The molecule has 1 heterocycles. The second-order valence-electron chi connectivity index (χ2n) is 10.8. The number of benzene rings is 4. The van der Waals surface area contributed by atoms with E-state index in [0.717, 1.165) is 23.2 Å². The summed E-state index contributed by atoms with van der Waals surface area (Å²) >= 11 is 0. The standard InChI is InChI=1S/C37H34N4O3/c38-23-26-8-7-11-31(21-26)44-35-14-4-3-13-34(35)41(37(43)18-17-36(42)40-24-30-10-5-6-19-39-30)25-27-15-16-33-29(20-27)22-28-9-1-2-12-32(28)33/h1-16,19-21H,17-18,22-25,38H2,(H,40,42). The number of aromatic nitrogens is 1. The number of nitrogens with one attached hydrogen (secondary N) is 1. The largest absolute Gasteiger partial charge is 0.455 e. The number of hydrogen-bond donors (Lipinski definition) is 2. The van der Waals surface area contributed by atoms with Crippen LogP contribution < -0.4 is 20.7 Å². The number of fused-ring (bicyclic) bond motifs is 3. The van der Waals surface area contributed by atoms with Crippen molar-refractivity contribution in [1.29, 1.82) is 0 Å². The molecule has 0 spiro atoms. The van der Waals surface area contributed by atoms with Crippen LogP contribution in [-0.2, 0) is 35.6 Å². The number of para-hydroxylation sites is 2. The fourth-order valence-electron chi connectivity index (χ4n) is 5.55. The number of ether oxygens (including phenoxy) is 1. The van der Waals surface area contributed by atoms with E-state index in [0.29, 0.717) is 36.8 Å². The summed E-state index contributed by atoms with van der Waals surface area (Å²) in [4.78, 5) is 32.6. The molecule has 44 heavy (non-hydrogen) atoms. The number of hydrogen-bond acceptors (Lipinski definition) is 5. The summed E-state index contributed by atoms with van der Waals surface area (Å²) in [5, 5.41) is 2.87. The van der Waals surface area contributed by atoms with E-state index in [2.05, 4.69) is 52.8 Å². The van der Waals surface area contributed by atoms with Gasteiger partial charge in [0.15, 0.2) is 5.75 Å². The first-order chi connectivity index (χ1) is 21.6. The molecule has 0 atom stereocenters. The molecule has 0 saturated heterocycles. The van der Waals surface area contributed by atoms with E-state index in [1.807, 2.05) is 66.7 Å². The van der Waals surface area contributed by atoms with Crippen molar-refractivity contribution in [2.75, 3.05) is 4.90 Å². The fraction of sp³-hybridized carbons (Fsp3) is 0.162. The Labute approximate surface area is 257 Å². The van der Waals surface area contributed by atoms with Gasteiger partial charge in [0.05, 0.1) is 24.5 Å². The van der Waals surface area contributed by atoms with Crippen molar-refractivity contribution >= 4 is 17.5 Å². The predicted octanol–water partition coefficient (Wildman–Crippen LogP) is 6.53. The Morgan fingerprint density at radius 2 is 1.61 bits per heavy atom. The van der Waals surface area contributed by atoms with Crippen LogP contribution in [0, 0.1) is 0 Å². The van der Waals surface area contributed by atoms with E-state index in [-0.39, 0.29) is 24.7 Å². The lowest BCUT2D eigenvalue weighted by Gasteiger charge is -2.26. The molecule has 7 nitrogen and oxygen atoms in total. The monoisotopic (exact) mass is 582 g/mol. The molecule has 220 valence electrons. The molecule has 0 fully saturated rings. The highest BCUT2D eigenvalue weighted by atomic mass is 16.5. The van der Waals surface area contributed by atoms with Gasteiger partial charge in [0, 0.05) is 25.6 Å². The molecule has 1 aliphatic rings. The van der Waals surface area contributed by atoms with Crippen molar-refractivity contribution in [1.82, 2.24) is 10.3 Å². The Morgan fingerprint density at radius 3 is 2.48 bits per heavy atom. The zero-order valence-corrected chi connectivity index (χ0v) is 24.4. The predicted molar refractivity (Wildman–Crippen MR) is 172 cm³/mol. The van der Waals surface area contributed by atoms with E-state index in [1.165, 1.54) is 22.3 Å². The molecule has 6 rings (SSSR count). The number of amides is 2. The second-order valence-corrected chi connectivity index (χ2v) is 10.8. The zero-order valence-electron chi connectivity index (χ0n) is 24.4. The van der Waals surface area contributed by atoms with Crippen molar-refractivity contribution in [3.05, 3.63) is 143 Å². The van der Waals surface area contributed by atoms with Crippen LogP contribution in [0.1, 0.15) is 40.8 Å². The number of carbonyl (C=O) groups excluding carboxylic acids is 2. The fourth-order valence-corrected chi connectivity index (χ4v) is 5.55. The molecule has 5 aromatic rings. The topological polar surface area (TPSA) is 97.5 Å². The first-order valence-corrected chi connectivity index (χ1v) is 14.8. The molecular formula is C37H34N4O3. The van der Waals surface area contributed by atoms with Crippen molar-refractivity contribution in [3.8, 4) is 22.6 Å². The van der Waals surface area contributed by atoms with Gasteiger partial charge in [-0.25, -0.2) is 0 Å². The van der Waals surface area contributed by atoms with Gasteiger partial charge in [0.1, 0.15) is 5.75 Å². The molecule has 1 aliphatic carbocycles. The van der Waals surface area contributed by atoms with Crippen LogP contribution in [0.4, 0.5) is 5.69 Å². The van der Waals surface area contributed by atoms with Crippen LogP contribution in [0.25, 0.3) is 11.1 Å². The summed E-state index contributed by atoms with van der Waals surface area (Å²) in [6.07, 6.45) is 2.65. The maximum atomic E-state index is 13.9. The minimum atomic E-state index is -0.206. The molecular weight excluding hydrogens is 548 g/mol. The molecule has 0 bridgehead atoms. The van der Waals surface area contributed by atoms with Crippen molar-refractivity contribution in [2.45, 2.75) is 38.9 Å². The van der Waals surface area contributed by atoms with Gasteiger partial charge in [-0.2, -0.15) is 0 Å². The zero-order chi connectivity index (χ0) is 30.3. The molecule has 4 aromatic carbocycles. The summed E-state index contributed by atoms with van der Waals surface area (Å²) < 4.78 is 6.31. The highest BCUT2D eigenvalue weighted by Gasteiger charge is 2.23. The molecule has 0 unspecified atom stereocenters. The highest BCUT2D eigenvalue weighted by Crippen LogP contribution is 2.38. The smallest absolute Gasteiger partial charge is 0.227 e. The van der Waals surface area contributed by atoms with E-state index < -0.39 is 0 Å². The Morgan fingerprint density at radius 1 is 0.795 bits per heavy atom. The maximum Gasteiger partial charge on any atom is 0.227 e. The normalized spacial score (nSPS) is 11.4. The van der Waals surface area contributed by atoms with Crippen LogP contribution in [0.3, 0.4) is 0 Å². The molecule has 2 amide bonds. The SMILES string of the molecule is NCc1cccc(Oc2ccccc2N(Cc2ccc3c(c2)Cc2ccccc2-3)C(=O)CCC(=O)NCc2ccccn2)c1. The van der Waals surface area contributed by atoms with E-state index >= 15 is 0 Å². The van der Waals surface area contributed by atoms with Crippen LogP contribution in [0.2, 0.25) is 0 Å². The molecule has 1 aromatic heterocycles. The molecule has 0 radical (unpaired) electrons. The summed E-state index contributed by atoms with van der Waals surface area (Å²) in [5.41, 5.74) is 14.2. The van der Waals surface area contributed by atoms with Crippen molar-refractivity contribution in [3.63, 3.8) is 0 Å². The second kappa shape index (κ2) is 13.4. The number of nitrogens with zero attached hydrogens (tertiary/aromatic N) is 2. The molecule has 3 N–H and O–H groups in total. The lowest BCUT2D eigenvalue weighted by atomic mass is 10.0. The van der Waals surface area contributed by atoms with Gasteiger partial charge < -0.3 is 20.7 Å². The quantitative estimate of drug-likeness (QED) is 0.181. The summed E-state index contributed by atoms with van der Waals surface area (Å²) in [7, 11) is 0. The van der Waals surface area contributed by atoms with Gasteiger partial charge >= 0.3 is 0 Å². The van der Waals surface area contributed by atoms with Crippen LogP contribution in [0.5, 0.6) is 11.5 Å². The number of rotatable bonds is 11. The van der Waals surface area contributed by atoms with Crippen LogP contribution >= 0.6 is 0 Å². The number of pyridine rings is 1. The lowest BCUT2D eigenvalue weighted by molar-refractivity contribution is -0.125. The third kappa shape index (κ3) is 6.69. The Kier molecular flexibility index (Phi) is 8.75. The third-order valence-corrected chi connectivity index (χ3v) is 7.78. The first-order valence-electron chi connectivity index (χ1n) is 14.8. The number of nitrogens with two attached hydrogens (primary N) is 1. The van der Waals surface area contributed by atoms with Gasteiger partial charge in [-0.05, 0) is 76.2 Å². The van der Waals surface area contributed by atoms with Gasteiger partial charge in [0.2, 0.25) is 11.8 Å². The van der Waals surface area contributed by atoms with E-state index in [1.54, 1.807) is 11.1 Å². The lowest BCUT2D eigenvalue weighted by Crippen LogP contribution is -2.32. The number of anilines is 1. The van der Waals surface area contributed by atoms with Gasteiger partial charge in [-0.15, -0.1) is 0 Å². The summed E-state index contributed by atoms with van der Waals surface area (Å²) in [5.74, 6) is 0.802. The minimum absolute atomic E-state index is 0.0431. The van der Waals surface area contributed by atoms with Gasteiger partial charge in [-0.3, -0.25) is 14.6 Å². The van der Waals surface area contributed by atoms with Crippen molar-refractivity contribution < 1.29 is 14.3 Å². The van der Waals surface area contributed by atoms with Crippen LogP contribution in [-0.4, -0.2) is 16.8 Å². The van der Waals surface area contributed by atoms with E-state index in [9.17, 15) is 9.59 Å². The Bertz CT molecular complexity index is 1790.